The number of benzene rings is 1. The lowest BCUT2D eigenvalue weighted by Crippen LogP contribution is -2.25. The number of para-hydroxylation sites is 1. The molecule has 0 fully saturated rings. The first kappa shape index (κ1) is 13.8. The van der Waals surface area contributed by atoms with Crippen LogP contribution in [0, 0.1) is 6.92 Å². The molecule has 0 unspecified atom stereocenters. The van der Waals surface area contributed by atoms with Crippen LogP contribution in [0.1, 0.15) is 15.9 Å². The van der Waals surface area contributed by atoms with Crippen LogP contribution >= 0.6 is 0 Å². The Bertz CT molecular complexity index is 917. The number of hydrogen-bond acceptors (Lipinski definition) is 4. The van der Waals surface area contributed by atoms with Crippen LogP contribution in [0.2, 0.25) is 0 Å². The van der Waals surface area contributed by atoms with Crippen LogP contribution in [0.15, 0.2) is 53.5 Å². The van der Waals surface area contributed by atoms with Gasteiger partial charge >= 0.3 is 5.97 Å². The van der Waals surface area contributed by atoms with Gasteiger partial charge in [0.2, 0.25) is 0 Å². The summed E-state index contributed by atoms with van der Waals surface area (Å²) >= 11 is 0. The standard InChI is InChI=1S/C16H13N3O3/c1-10-6-5-9-19-14(10)18-13(12(15(19)20)16(21)22)17-11-7-3-2-4-8-11/h2-9,17H,1H3,(H,21,22). The topological polar surface area (TPSA) is 83.7 Å². The lowest BCUT2D eigenvalue weighted by molar-refractivity contribution is 0.0695. The van der Waals surface area contributed by atoms with Gasteiger partial charge in [0.1, 0.15) is 5.65 Å². The average molecular weight is 295 g/mol. The molecule has 2 N–H and O–H groups in total. The highest BCUT2D eigenvalue weighted by atomic mass is 16.4. The molecule has 1 aromatic carbocycles. The molecule has 110 valence electrons. The predicted octanol–water partition coefficient (Wildman–Crippen LogP) is 2.44. The third-order valence-corrected chi connectivity index (χ3v) is 3.30. The highest BCUT2D eigenvalue weighted by Gasteiger charge is 2.20. The summed E-state index contributed by atoms with van der Waals surface area (Å²) in [7, 11) is 0. The SMILES string of the molecule is Cc1cccn2c(=O)c(C(=O)O)c(Nc3ccccc3)nc12. The molecule has 0 aliphatic carbocycles. The lowest BCUT2D eigenvalue weighted by Gasteiger charge is -2.11. The molecule has 6 heteroatoms. The van der Waals surface area contributed by atoms with E-state index in [1.54, 1.807) is 18.2 Å². The van der Waals surface area contributed by atoms with Gasteiger partial charge in [0.25, 0.3) is 5.56 Å². The van der Waals surface area contributed by atoms with Crippen molar-refractivity contribution in [2.45, 2.75) is 6.92 Å². The maximum atomic E-state index is 12.4. The highest BCUT2D eigenvalue weighted by molar-refractivity contribution is 5.94. The number of nitrogens with one attached hydrogen (secondary N) is 1. The Labute approximate surface area is 125 Å². The first-order valence-electron chi connectivity index (χ1n) is 6.65. The van der Waals surface area contributed by atoms with Crippen LogP contribution in [-0.4, -0.2) is 20.5 Å². The van der Waals surface area contributed by atoms with E-state index in [9.17, 15) is 14.7 Å². The zero-order valence-corrected chi connectivity index (χ0v) is 11.8. The molecule has 3 aromatic rings. The van der Waals surface area contributed by atoms with Gasteiger partial charge in [-0.3, -0.25) is 9.20 Å². The van der Waals surface area contributed by atoms with Gasteiger partial charge in [0.05, 0.1) is 0 Å². The quantitative estimate of drug-likeness (QED) is 0.775. The first-order chi connectivity index (χ1) is 10.6. The van der Waals surface area contributed by atoms with Crippen molar-refractivity contribution in [1.82, 2.24) is 9.38 Å². The summed E-state index contributed by atoms with van der Waals surface area (Å²) in [6.07, 6.45) is 1.51. The Kier molecular flexibility index (Phi) is 3.34. The molecule has 0 atom stereocenters. The van der Waals surface area contributed by atoms with Gasteiger partial charge in [-0.15, -0.1) is 0 Å². The van der Waals surface area contributed by atoms with E-state index in [4.69, 9.17) is 0 Å². The van der Waals surface area contributed by atoms with E-state index in [1.165, 1.54) is 10.6 Å². The summed E-state index contributed by atoms with van der Waals surface area (Å²) in [5.41, 5.74) is 0.880. The Balaban J connectivity index is 2.28. The number of rotatable bonds is 3. The molecule has 2 aromatic heterocycles. The number of nitrogens with zero attached hydrogens (tertiary/aromatic N) is 2. The average Bonchev–Trinajstić information content (AvgIpc) is 2.49. The van der Waals surface area contributed by atoms with E-state index in [0.717, 1.165) is 5.56 Å². The summed E-state index contributed by atoms with van der Waals surface area (Å²) in [4.78, 5) is 28.2. The van der Waals surface area contributed by atoms with Gasteiger partial charge in [0.15, 0.2) is 11.4 Å². The molecule has 0 saturated carbocycles. The molecule has 22 heavy (non-hydrogen) atoms. The Morgan fingerprint density at radius 2 is 1.91 bits per heavy atom. The van der Waals surface area contributed by atoms with Gasteiger partial charge in [-0.1, -0.05) is 24.3 Å². The van der Waals surface area contributed by atoms with Gasteiger partial charge in [-0.2, -0.15) is 0 Å². The van der Waals surface area contributed by atoms with Crippen LogP contribution in [0.25, 0.3) is 5.65 Å². The summed E-state index contributed by atoms with van der Waals surface area (Å²) in [5.74, 6) is -1.27. The molecule has 0 spiro atoms. The van der Waals surface area contributed by atoms with Crippen LogP contribution in [0.4, 0.5) is 11.5 Å². The van der Waals surface area contributed by atoms with Crippen LogP contribution < -0.4 is 10.9 Å². The molecule has 0 radical (unpaired) electrons. The summed E-state index contributed by atoms with van der Waals surface area (Å²) in [5, 5.41) is 12.3. The van der Waals surface area contributed by atoms with Crippen molar-refractivity contribution in [3.63, 3.8) is 0 Å². The molecule has 0 aliphatic rings. The number of aromatic nitrogens is 2. The largest absolute Gasteiger partial charge is 0.477 e. The number of anilines is 2. The molecule has 6 nitrogen and oxygen atoms in total. The number of aryl methyl sites for hydroxylation is 1. The van der Waals surface area contributed by atoms with Gasteiger partial charge in [-0.05, 0) is 30.7 Å². The fourth-order valence-corrected chi connectivity index (χ4v) is 2.24. The van der Waals surface area contributed by atoms with Crippen molar-refractivity contribution < 1.29 is 9.90 Å². The van der Waals surface area contributed by atoms with E-state index in [1.807, 2.05) is 31.2 Å². The number of carboxylic acid groups (broad SMARTS) is 1. The maximum absolute atomic E-state index is 12.4. The van der Waals surface area contributed by atoms with E-state index in [0.29, 0.717) is 11.3 Å². The second-order valence-corrected chi connectivity index (χ2v) is 4.82. The van der Waals surface area contributed by atoms with Crippen molar-refractivity contribution in [2.24, 2.45) is 0 Å². The molecule has 3 rings (SSSR count). The number of aromatic carboxylic acids is 1. The zero-order chi connectivity index (χ0) is 15.7. The minimum atomic E-state index is -1.31. The Hall–Kier alpha value is -3.15. The minimum absolute atomic E-state index is 0.0398. The smallest absolute Gasteiger partial charge is 0.345 e. The van der Waals surface area contributed by atoms with Crippen molar-refractivity contribution >= 4 is 23.1 Å². The van der Waals surface area contributed by atoms with Crippen LogP contribution in [-0.2, 0) is 0 Å². The number of fused-ring (bicyclic) bond motifs is 1. The van der Waals surface area contributed by atoms with Gasteiger partial charge < -0.3 is 10.4 Å². The zero-order valence-electron chi connectivity index (χ0n) is 11.8. The number of carboxylic acids is 1. The molecule has 2 heterocycles. The fourth-order valence-electron chi connectivity index (χ4n) is 2.24. The van der Waals surface area contributed by atoms with Gasteiger partial charge in [0, 0.05) is 11.9 Å². The summed E-state index contributed by atoms with van der Waals surface area (Å²) in [6, 6.07) is 12.5. The second-order valence-electron chi connectivity index (χ2n) is 4.82. The monoisotopic (exact) mass is 295 g/mol. The van der Waals surface area contributed by atoms with E-state index in [-0.39, 0.29) is 11.4 Å². The third kappa shape index (κ3) is 2.31. The minimum Gasteiger partial charge on any atom is -0.477 e. The van der Waals surface area contributed by atoms with Gasteiger partial charge in [-0.25, -0.2) is 9.78 Å². The van der Waals surface area contributed by atoms with Crippen molar-refractivity contribution in [3.8, 4) is 0 Å². The van der Waals surface area contributed by atoms with E-state index >= 15 is 0 Å². The molecule has 0 amide bonds. The van der Waals surface area contributed by atoms with Crippen LogP contribution in [0.3, 0.4) is 0 Å². The molecule has 0 aliphatic heterocycles. The van der Waals surface area contributed by atoms with Crippen LogP contribution in [0.5, 0.6) is 0 Å². The summed E-state index contributed by atoms with van der Waals surface area (Å²) in [6.45, 7) is 1.81. The molecular formula is C16H13N3O3. The van der Waals surface area contributed by atoms with Crippen molar-refractivity contribution in [1.29, 1.82) is 0 Å². The Morgan fingerprint density at radius 1 is 1.18 bits per heavy atom. The lowest BCUT2D eigenvalue weighted by atomic mass is 10.2. The van der Waals surface area contributed by atoms with Crippen molar-refractivity contribution in [3.05, 3.63) is 70.1 Å². The fraction of sp³-hybridized carbons (Fsp3) is 0.0625. The number of pyridine rings is 1. The third-order valence-electron chi connectivity index (χ3n) is 3.30. The Morgan fingerprint density at radius 3 is 2.59 bits per heavy atom. The predicted molar refractivity (Wildman–Crippen MR) is 82.9 cm³/mol. The number of carbonyl (C=O) groups is 1. The first-order valence-corrected chi connectivity index (χ1v) is 6.65. The summed E-state index contributed by atoms with van der Waals surface area (Å²) < 4.78 is 1.24. The second kappa shape index (κ2) is 5.33. The number of hydrogen-bond donors (Lipinski definition) is 2. The van der Waals surface area contributed by atoms with E-state index < -0.39 is 11.5 Å². The maximum Gasteiger partial charge on any atom is 0.345 e. The highest BCUT2D eigenvalue weighted by Crippen LogP contribution is 2.18. The molecular weight excluding hydrogens is 282 g/mol. The van der Waals surface area contributed by atoms with E-state index in [2.05, 4.69) is 10.3 Å². The normalized spacial score (nSPS) is 10.6. The molecule has 0 bridgehead atoms. The molecule has 0 saturated heterocycles. The van der Waals surface area contributed by atoms with Crippen molar-refractivity contribution in [2.75, 3.05) is 5.32 Å².